The van der Waals surface area contributed by atoms with Crippen molar-refractivity contribution in [2.24, 2.45) is 46.3 Å². The molecule has 2 nitrogen and oxygen atoms in total. The molecular weight excluding hydrogens is 356 g/mol. The molecule has 3 saturated carbocycles. The minimum Gasteiger partial charge on any atom is -0.381 e. The third-order valence-corrected chi connectivity index (χ3v) is 10.5. The van der Waals surface area contributed by atoms with Crippen molar-refractivity contribution in [2.75, 3.05) is 0 Å². The Balaban J connectivity index is 1.52. The molecule has 0 aromatic heterocycles. The molecule has 4 aliphatic rings. The summed E-state index contributed by atoms with van der Waals surface area (Å²) in [6.07, 6.45) is 15.7. The van der Waals surface area contributed by atoms with E-state index in [1.807, 2.05) is 6.08 Å². The zero-order chi connectivity index (χ0) is 21.0. The maximum Gasteiger partial charge on any atom is 0.187 e. The Morgan fingerprint density at radius 1 is 1.03 bits per heavy atom. The lowest BCUT2D eigenvalue weighted by molar-refractivity contribution is -0.191. The van der Waals surface area contributed by atoms with Crippen LogP contribution < -0.4 is 0 Å². The van der Waals surface area contributed by atoms with Crippen molar-refractivity contribution in [1.29, 1.82) is 0 Å². The first-order valence-corrected chi connectivity index (χ1v) is 12.6. The molecule has 0 saturated heterocycles. The molecule has 0 aromatic carbocycles. The lowest BCUT2D eigenvalue weighted by Gasteiger charge is -2.62. The number of rotatable bonds is 5. The molecule has 8 unspecified atom stereocenters. The standard InChI is InChI=1S/C27H44O2/c1-18(2)8-6-9-19(3)21-11-12-22-20-13-17-27(29)24(28)10-7-15-26(27,5)23(20)14-16-25(21,22)4/h7,10,18-23,29H,6,8-9,11-17H2,1-5H3. The summed E-state index contributed by atoms with van der Waals surface area (Å²) in [6.45, 7) is 12.1. The van der Waals surface area contributed by atoms with Crippen molar-refractivity contribution in [2.45, 2.75) is 104 Å². The first-order chi connectivity index (χ1) is 13.6. The summed E-state index contributed by atoms with van der Waals surface area (Å²) < 4.78 is 0. The van der Waals surface area contributed by atoms with Crippen LogP contribution in [-0.4, -0.2) is 16.5 Å². The van der Waals surface area contributed by atoms with Crippen molar-refractivity contribution < 1.29 is 9.90 Å². The van der Waals surface area contributed by atoms with Crippen LogP contribution in [0.15, 0.2) is 12.2 Å². The molecule has 1 N–H and O–H groups in total. The van der Waals surface area contributed by atoms with Gasteiger partial charge in [-0.1, -0.05) is 60.0 Å². The molecule has 0 heterocycles. The molecule has 0 amide bonds. The van der Waals surface area contributed by atoms with Gasteiger partial charge in [0.25, 0.3) is 0 Å². The van der Waals surface area contributed by atoms with Crippen LogP contribution in [-0.2, 0) is 4.79 Å². The van der Waals surface area contributed by atoms with E-state index < -0.39 is 5.60 Å². The Morgan fingerprint density at radius 2 is 1.79 bits per heavy atom. The highest BCUT2D eigenvalue weighted by Crippen LogP contribution is 2.68. The van der Waals surface area contributed by atoms with E-state index in [1.165, 1.54) is 44.9 Å². The van der Waals surface area contributed by atoms with Gasteiger partial charge in [0, 0.05) is 5.41 Å². The number of fused-ring (bicyclic) bond motifs is 5. The Kier molecular flexibility index (Phi) is 5.59. The molecule has 3 fully saturated rings. The van der Waals surface area contributed by atoms with Crippen molar-refractivity contribution in [3.8, 4) is 0 Å². The van der Waals surface area contributed by atoms with E-state index in [-0.39, 0.29) is 11.2 Å². The van der Waals surface area contributed by atoms with Gasteiger partial charge in [0.15, 0.2) is 5.78 Å². The van der Waals surface area contributed by atoms with Crippen LogP contribution in [0.1, 0.15) is 98.8 Å². The van der Waals surface area contributed by atoms with Gasteiger partial charge >= 0.3 is 0 Å². The first kappa shape index (κ1) is 21.6. The Morgan fingerprint density at radius 3 is 2.52 bits per heavy atom. The second-order valence-electron chi connectivity index (χ2n) is 12.2. The van der Waals surface area contributed by atoms with Gasteiger partial charge in [0.05, 0.1) is 0 Å². The SMILES string of the molecule is CC(C)CCCC(C)C1CCC2C3CCC4(O)C(=O)C=CCC4(C)C3CCC12C. The molecule has 0 bridgehead atoms. The predicted octanol–water partition coefficient (Wildman–Crippen LogP) is 6.57. The number of ketones is 1. The summed E-state index contributed by atoms with van der Waals surface area (Å²) in [5, 5.41) is 11.4. The second-order valence-corrected chi connectivity index (χ2v) is 12.2. The molecule has 0 spiro atoms. The van der Waals surface area contributed by atoms with Crippen LogP contribution in [0.3, 0.4) is 0 Å². The second kappa shape index (κ2) is 7.50. The van der Waals surface area contributed by atoms with Gasteiger partial charge in [-0.2, -0.15) is 0 Å². The van der Waals surface area contributed by atoms with Crippen molar-refractivity contribution in [1.82, 2.24) is 0 Å². The van der Waals surface area contributed by atoms with Crippen molar-refractivity contribution in [3.63, 3.8) is 0 Å². The topological polar surface area (TPSA) is 37.3 Å². The van der Waals surface area contributed by atoms with E-state index in [0.29, 0.717) is 23.7 Å². The van der Waals surface area contributed by atoms with Crippen LogP contribution in [0.5, 0.6) is 0 Å². The van der Waals surface area contributed by atoms with E-state index >= 15 is 0 Å². The highest BCUT2D eigenvalue weighted by molar-refractivity contribution is 5.98. The molecule has 0 radical (unpaired) electrons. The zero-order valence-corrected chi connectivity index (χ0v) is 19.5. The van der Waals surface area contributed by atoms with E-state index in [9.17, 15) is 9.90 Å². The lowest BCUT2D eigenvalue weighted by atomic mass is 9.43. The largest absolute Gasteiger partial charge is 0.381 e. The van der Waals surface area contributed by atoms with Crippen molar-refractivity contribution >= 4 is 5.78 Å². The fourth-order valence-electron chi connectivity index (χ4n) is 8.75. The smallest absolute Gasteiger partial charge is 0.187 e. The van der Waals surface area contributed by atoms with Crippen LogP contribution >= 0.6 is 0 Å². The molecule has 2 heteroatoms. The van der Waals surface area contributed by atoms with E-state index in [0.717, 1.165) is 36.5 Å². The summed E-state index contributed by atoms with van der Waals surface area (Å²) in [7, 11) is 0. The average Bonchev–Trinajstić information content (AvgIpc) is 3.01. The van der Waals surface area contributed by atoms with Gasteiger partial charge < -0.3 is 5.11 Å². The third kappa shape index (κ3) is 3.19. The number of carbonyl (C=O) groups excluding carboxylic acids is 1. The lowest BCUT2D eigenvalue weighted by Crippen LogP contribution is -2.64. The minimum atomic E-state index is -1.11. The van der Waals surface area contributed by atoms with Crippen molar-refractivity contribution in [3.05, 3.63) is 12.2 Å². The van der Waals surface area contributed by atoms with Gasteiger partial charge in [0.2, 0.25) is 0 Å². The quantitative estimate of drug-likeness (QED) is 0.567. The minimum absolute atomic E-state index is 0.0268. The highest BCUT2D eigenvalue weighted by Gasteiger charge is 2.65. The van der Waals surface area contributed by atoms with Crippen LogP contribution in [0.4, 0.5) is 0 Å². The Hall–Kier alpha value is -0.630. The molecular formula is C27H44O2. The van der Waals surface area contributed by atoms with Gasteiger partial charge in [-0.15, -0.1) is 0 Å². The van der Waals surface area contributed by atoms with E-state index in [4.69, 9.17) is 0 Å². The van der Waals surface area contributed by atoms with Crippen LogP contribution in [0.2, 0.25) is 0 Å². The summed E-state index contributed by atoms with van der Waals surface area (Å²) in [4.78, 5) is 12.7. The number of hydrogen-bond donors (Lipinski definition) is 1. The van der Waals surface area contributed by atoms with E-state index in [1.54, 1.807) is 6.08 Å². The molecule has 4 aliphatic carbocycles. The number of hydrogen-bond acceptors (Lipinski definition) is 2. The van der Waals surface area contributed by atoms with Gasteiger partial charge in [-0.3, -0.25) is 4.79 Å². The predicted molar refractivity (Wildman–Crippen MR) is 119 cm³/mol. The first-order valence-electron chi connectivity index (χ1n) is 12.6. The number of aliphatic hydroxyl groups is 1. The van der Waals surface area contributed by atoms with E-state index in [2.05, 4.69) is 34.6 Å². The van der Waals surface area contributed by atoms with Gasteiger partial charge in [-0.05, 0) is 91.9 Å². The maximum absolute atomic E-state index is 12.7. The molecule has 29 heavy (non-hydrogen) atoms. The molecule has 4 rings (SSSR count). The summed E-state index contributed by atoms with van der Waals surface area (Å²) in [5.41, 5.74) is -0.901. The normalized spacial score (nSPS) is 47.6. The molecule has 8 atom stereocenters. The van der Waals surface area contributed by atoms with Crippen LogP contribution in [0.25, 0.3) is 0 Å². The summed E-state index contributed by atoms with van der Waals surface area (Å²) in [5.74, 6) is 4.48. The Labute approximate surface area is 178 Å². The van der Waals surface area contributed by atoms with Crippen LogP contribution in [0, 0.1) is 46.3 Å². The number of carbonyl (C=O) groups is 1. The molecule has 0 aromatic rings. The molecule has 164 valence electrons. The zero-order valence-electron chi connectivity index (χ0n) is 19.5. The fraction of sp³-hybridized carbons (Fsp3) is 0.889. The maximum atomic E-state index is 12.7. The van der Waals surface area contributed by atoms with Gasteiger partial charge in [-0.25, -0.2) is 0 Å². The third-order valence-electron chi connectivity index (χ3n) is 10.5. The monoisotopic (exact) mass is 400 g/mol. The summed E-state index contributed by atoms with van der Waals surface area (Å²) in [6, 6.07) is 0. The number of allylic oxidation sites excluding steroid dienone is 1. The fourth-order valence-corrected chi connectivity index (χ4v) is 8.75. The average molecular weight is 401 g/mol. The molecule has 0 aliphatic heterocycles. The summed E-state index contributed by atoms with van der Waals surface area (Å²) >= 11 is 0. The van der Waals surface area contributed by atoms with Gasteiger partial charge in [0.1, 0.15) is 5.60 Å². The highest BCUT2D eigenvalue weighted by atomic mass is 16.3. The Bertz CT molecular complexity index is 665.